The van der Waals surface area contributed by atoms with E-state index < -0.39 is 10.0 Å². The number of rotatable bonds is 2. The Morgan fingerprint density at radius 3 is 2.82 bits per heavy atom. The fourth-order valence-electron chi connectivity index (χ4n) is 2.10. The van der Waals surface area contributed by atoms with Gasteiger partial charge in [0.05, 0.1) is 5.69 Å². The minimum Gasteiger partial charge on any atom is -0.366 e. The molecule has 0 aromatic heterocycles. The fourth-order valence-corrected chi connectivity index (χ4v) is 3.33. The molecule has 1 aliphatic heterocycles. The van der Waals surface area contributed by atoms with Gasteiger partial charge in [-0.2, -0.15) is 0 Å². The second kappa shape index (κ2) is 4.66. The minimum atomic E-state index is -3.34. The molecule has 4 nitrogen and oxygen atoms in total. The molecule has 1 aromatic rings. The van der Waals surface area contributed by atoms with Gasteiger partial charge in [-0.25, -0.2) is 13.1 Å². The molecular formula is C12H18N2O2S. The molecule has 1 N–H and O–H groups in total. The van der Waals surface area contributed by atoms with Crippen molar-refractivity contribution >= 4 is 15.7 Å². The number of nitrogens with zero attached hydrogens (tertiary/aromatic N) is 1. The number of nitrogens with one attached hydrogen (secondary N) is 1. The van der Waals surface area contributed by atoms with Crippen LogP contribution in [0.15, 0.2) is 29.2 Å². The molecule has 0 spiro atoms. The van der Waals surface area contributed by atoms with Crippen molar-refractivity contribution in [2.45, 2.75) is 31.2 Å². The van der Waals surface area contributed by atoms with Crippen LogP contribution in [0.25, 0.3) is 0 Å². The van der Waals surface area contributed by atoms with Crippen LogP contribution in [0.1, 0.15) is 20.3 Å². The molecule has 2 rings (SSSR count). The maximum absolute atomic E-state index is 12.0. The second-order valence-corrected chi connectivity index (χ2v) is 6.05. The SMILES string of the molecule is CCC(C)N1CCNS(=O)(=O)c2ccccc21. The predicted octanol–water partition coefficient (Wildman–Crippen LogP) is 1.58. The van der Waals surface area contributed by atoms with Crippen molar-refractivity contribution in [3.63, 3.8) is 0 Å². The Hall–Kier alpha value is -1.07. The van der Waals surface area contributed by atoms with Gasteiger partial charge < -0.3 is 4.90 Å². The zero-order valence-corrected chi connectivity index (χ0v) is 11.0. The summed E-state index contributed by atoms with van der Waals surface area (Å²) in [6.07, 6.45) is 0.994. The zero-order chi connectivity index (χ0) is 12.5. The van der Waals surface area contributed by atoms with Gasteiger partial charge in [0.25, 0.3) is 0 Å². The quantitative estimate of drug-likeness (QED) is 0.872. The molecule has 1 aliphatic rings. The number of fused-ring (bicyclic) bond motifs is 1. The van der Waals surface area contributed by atoms with Crippen molar-refractivity contribution in [2.75, 3.05) is 18.0 Å². The van der Waals surface area contributed by atoms with E-state index in [0.717, 1.165) is 12.1 Å². The molecule has 17 heavy (non-hydrogen) atoms. The van der Waals surface area contributed by atoms with Gasteiger partial charge >= 0.3 is 0 Å². The summed E-state index contributed by atoms with van der Waals surface area (Å²) in [4.78, 5) is 2.55. The lowest BCUT2D eigenvalue weighted by Crippen LogP contribution is -2.36. The average molecular weight is 254 g/mol. The van der Waals surface area contributed by atoms with Crippen LogP contribution in [0.2, 0.25) is 0 Å². The summed E-state index contributed by atoms with van der Waals surface area (Å²) in [5.41, 5.74) is 0.812. The van der Waals surface area contributed by atoms with Crippen molar-refractivity contribution in [3.8, 4) is 0 Å². The van der Waals surface area contributed by atoms with Crippen LogP contribution in [0.3, 0.4) is 0 Å². The Morgan fingerprint density at radius 2 is 2.12 bits per heavy atom. The van der Waals surface area contributed by atoms with Gasteiger partial charge in [-0.15, -0.1) is 0 Å². The molecule has 0 amide bonds. The molecule has 5 heteroatoms. The minimum absolute atomic E-state index is 0.339. The first-order valence-corrected chi connectivity index (χ1v) is 7.40. The van der Waals surface area contributed by atoms with E-state index in [1.165, 1.54) is 0 Å². The second-order valence-electron chi connectivity index (χ2n) is 4.32. The van der Waals surface area contributed by atoms with Crippen LogP contribution < -0.4 is 9.62 Å². The highest BCUT2D eigenvalue weighted by molar-refractivity contribution is 7.89. The summed E-state index contributed by atoms with van der Waals surface area (Å²) in [5.74, 6) is 0. The third-order valence-electron chi connectivity index (χ3n) is 3.23. The molecule has 1 heterocycles. The van der Waals surface area contributed by atoms with Crippen molar-refractivity contribution in [3.05, 3.63) is 24.3 Å². The van der Waals surface area contributed by atoms with Crippen LogP contribution in [0, 0.1) is 0 Å². The highest BCUT2D eigenvalue weighted by atomic mass is 32.2. The normalized spacial score (nSPS) is 20.5. The predicted molar refractivity (Wildman–Crippen MR) is 68.7 cm³/mol. The van der Waals surface area contributed by atoms with Crippen molar-refractivity contribution in [1.82, 2.24) is 4.72 Å². The molecule has 1 unspecified atom stereocenters. The number of anilines is 1. The van der Waals surface area contributed by atoms with Crippen LogP contribution in [-0.4, -0.2) is 27.5 Å². The largest absolute Gasteiger partial charge is 0.366 e. The fraction of sp³-hybridized carbons (Fsp3) is 0.500. The van der Waals surface area contributed by atoms with Crippen LogP contribution in [0.5, 0.6) is 0 Å². The van der Waals surface area contributed by atoms with Crippen molar-refractivity contribution < 1.29 is 8.42 Å². The summed E-state index contributed by atoms with van der Waals surface area (Å²) >= 11 is 0. The highest BCUT2D eigenvalue weighted by Crippen LogP contribution is 2.28. The maximum atomic E-state index is 12.0. The van der Waals surface area contributed by atoms with Gasteiger partial charge in [0.1, 0.15) is 4.90 Å². The lowest BCUT2D eigenvalue weighted by Gasteiger charge is -2.29. The molecule has 0 bridgehead atoms. The number of hydrogen-bond donors (Lipinski definition) is 1. The van der Waals surface area contributed by atoms with Gasteiger partial charge in [-0.05, 0) is 25.5 Å². The van der Waals surface area contributed by atoms with Gasteiger partial charge in [0.15, 0.2) is 0 Å². The molecular weight excluding hydrogens is 236 g/mol. The number of benzene rings is 1. The Kier molecular flexibility index (Phi) is 3.40. The summed E-state index contributed by atoms with van der Waals surface area (Å²) < 4.78 is 26.6. The van der Waals surface area contributed by atoms with Gasteiger partial charge in [0.2, 0.25) is 10.0 Å². The number of para-hydroxylation sites is 1. The van der Waals surface area contributed by atoms with Gasteiger partial charge in [-0.3, -0.25) is 0 Å². The van der Waals surface area contributed by atoms with Gasteiger partial charge in [-0.1, -0.05) is 19.1 Å². The standard InChI is InChI=1S/C12H18N2O2S/c1-3-10(2)14-9-8-13-17(15,16)12-7-5-4-6-11(12)14/h4-7,10,13H,3,8-9H2,1-2H3. The summed E-state index contributed by atoms with van der Waals surface area (Å²) in [5, 5.41) is 0. The molecule has 1 aromatic carbocycles. The van der Waals surface area contributed by atoms with Crippen LogP contribution in [-0.2, 0) is 10.0 Å². The molecule has 0 fully saturated rings. The molecule has 0 saturated heterocycles. The Morgan fingerprint density at radius 1 is 1.41 bits per heavy atom. The Bertz CT molecular complexity index is 499. The summed E-state index contributed by atoms with van der Waals surface area (Å²) in [7, 11) is -3.34. The Labute approximate surface area is 103 Å². The number of hydrogen-bond acceptors (Lipinski definition) is 3. The molecule has 1 atom stereocenters. The lowest BCUT2D eigenvalue weighted by molar-refractivity contribution is 0.582. The highest BCUT2D eigenvalue weighted by Gasteiger charge is 2.26. The van der Waals surface area contributed by atoms with E-state index >= 15 is 0 Å². The smallest absolute Gasteiger partial charge is 0.242 e. The van der Waals surface area contributed by atoms with E-state index in [-0.39, 0.29) is 0 Å². The molecule has 94 valence electrons. The van der Waals surface area contributed by atoms with Crippen LogP contribution >= 0.6 is 0 Å². The van der Waals surface area contributed by atoms with E-state index in [0.29, 0.717) is 24.0 Å². The first kappa shape index (κ1) is 12.4. The van der Waals surface area contributed by atoms with E-state index in [4.69, 9.17) is 0 Å². The maximum Gasteiger partial charge on any atom is 0.242 e. The topological polar surface area (TPSA) is 49.4 Å². The van der Waals surface area contributed by atoms with E-state index in [9.17, 15) is 8.42 Å². The van der Waals surface area contributed by atoms with Crippen molar-refractivity contribution in [2.24, 2.45) is 0 Å². The number of sulfonamides is 1. The van der Waals surface area contributed by atoms with Crippen molar-refractivity contribution in [1.29, 1.82) is 0 Å². The zero-order valence-electron chi connectivity index (χ0n) is 10.2. The van der Waals surface area contributed by atoms with Crippen LogP contribution in [0.4, 0.5) is 5.69 Å². The Balaban J connectivity index is 2.54. The lowest BCUT2D eigenvalue weighted by atomic mass is 10.2. The molecule has 0 radical (unpaired) electrons. The van der Waals surface area contributed by atoms with Gasteiger partial charge in [0, 0.05) is 19.1 Å². The average Bonchev–Trinajstić information content (AvgIpc) is 2.46. The third-order valence-corrected chi connectivity index (χ3v) is 4.74. The third kappa shape index (κ3) is 2.30. The first-order chi connectivity index (χ1) is 8.06. The first-order valence-electron chi connectivity index (χ1n) is 5.91. The van der Waals surface area contributed by atoms with E-state index in [2.05, 4.69) is 23.5 Å². The molecule has 0 saturated carbocycles. The summed E-state index contributed by atoms with van der Waals surface area (Å²) in [6, 6.07) is 7.53. The molecule has 0 aliphatic carbocycles. The van der Waals surface area contributed by atoms with E-state index in [1.54, 1.807) is 12.1 Å². The monoisotopic (exact) mass is 254 g/mol. The van der Waals surface area contributed by atoms with E-state index in [1.807, 2.05) is 12.1 Å². The summed E-state index contributed by atoms with van der Waals surface area (Å²) in [6.45, 7) is 5.40.